The average Bonchev–Trinajstić information content (AvgIpc) is 1.63. The third-order valence-electron chi connectivity index (χ3n) is 0.552. The molecule has 0 spiro atoms. The average molecular weight is 213 g/mol. The molecule has 0 rings (SSSR count). The molecule has 0 fully saturated rings. The fourth-order valence-corrected chi connectivity index (χ4v) is 0.276. The van der Waals surface area contributed by atoms with Crippen molar-refractivity contribution in [2.75, 3.05) is 13.1 Å². The Morgan fingerprint density at radius 3 is 1.31 bits per heavy atom. The van der Waals surface area contributed by atoms with Gasteiger partial charge in [-0.15, -0.1) is 0 Å². The van der Waals surface area contributed by atoms with Crippen LogP contribution in [0.2, 0.25) is 0 Å². The molecule has 5 N–H and O–H groups in total. The molecule has 0 aliphatic carbocycles. The molecule has 0 aliphatic rings. The third kappa shape index (κ3) is 32.3. The van der Waals surface area contributed by atoms with Gasteiger partial charge >= 0.3 is 71.1 Å². The van der Waals surface area contributed by atoms with Crippen LogP contribution < -0.4 is 64.4 Å². The predicted octanol–water partition coefficient (Wildman–Crippen LogP) is -7.60. The van der Waals surface area contributed by atoms with Crippen LogP contribution in [0.4, 0.5) is 0 Å². The predicted molar refractivity (Wildman–Crippen MR) is 32.0 cm³/mol. The van der Waals surface area contributed by atoms with Crippen LogP contribution in [0, 0.1) is 0 Å². The van der Waals surface area contributed by atoms with Crippen molar-refractivity contribution in [3.8, 4) is 0 Å². The van der Waals surface area contributed by atoms with Crippen molar-refractivity contribution in [2.24, 2.45) is 0 Å². The number of hydrogen-bond acceptors (Lipinski definition) is 5. The Bertz CT molecular complexity index is 118. The molecule has 0 saturated heterocycles. The maximum atomic E-state index is 9.73. The first-order valence-electron chi connectivity index (χ1n) is 2.27. The summed E-state index contributed by atoms with van der Waals surface area (Å²) in [5.74, 6) is -2.12. The van der Waals surface area contributed by atoms with Crippen LogP contribution in [0.25, 0.3) is 0 Å². The first-order chi connectivity index (χ1) is 4.13. The molecule has 0 heterocycles. The molecule has 0 unspecified atom stereocenters. The standard InChI is InChI=1S/C4H7NO4.2Na.2H2O/c6-3(7)1-5-2-4(8)9;;;;/h5H,1-2H2,(H,6,7)(H,8,9);;;2*1H2/q;2*+1;;/p-2. The zero-order valence-corrected chi connectivity index (χ0v) is 11.5. The number of hydrogen-bond donors (Lipinski definition) is 3. The first-order valence-corrected chi connectivity index (χ1v) is 2.27. The van der Waals surface area contributed by atoms with Crippen LogP contribution in [0.5, 0.6) is 0 Å². The van der Waals surface area contributed by atoms with Gasteiger partial charge in [0.15, 0.2) is 0 Å². The van der Waals surface area contributed by atoms with Gasteiger partial charge in [0.1, 0.15) is 0 Å². The van der Waals surface area contributed by atoms with Gasteiger partial charge in [-0.05, 0) is 0 Å². The summed E-state index contributed by atoms with van der Waals surface area (Å²) in [6.07, 6.45) is 0. The van der Waals surface area contributed by atoms with Crippen molar-refractivity contribution >= 4 is 11.9 Å². The molecular formula is C4H9NNa2O6. The molecule has 0 bridgehead atoms. The van der Waals surface area contributed by atoms with Crippen LogP contribution in [0.15, 0.2) is 0 Å². The minimum atomic E-state index is -1.06. The quantitative estimate of drug-likeness (QED) is 0.393. The van der Waals surface area contributed by atoms with E-state index in [-0.39, 0.29) is 83.2 Å². The smallest absolute Gasteiger partial charge is 0.870 e. The molecule has 0 radical (unpaired) electrons. The van der Waals surface area contributed by atoms with E-state index in [0.717, 1.165) is 0 Å². The van der Waals surface area contributed by atoms with Crippen molar-refractivity contribution in [1.29, 1.82) is 0 Å². The Morgan fingerprint density at radius 2 is 1.15 bits per heavy atom. The zero-order valence-electron chi connectivity index (χ0n) is 7.52. The third-order valence-corrected chi connectivity index (χ3v) is 0.552. The number of nitrogens with one attached hydrogen (secondary N) is 1. The summed E-state index contributed by atoms with van der Waals surface area (Å²) in [5, 5.41) is 18.1. The minimum Gasteiger partial charge on any atom is -0.870 e. The van der Waals surface area contributed by atoms with E-state index >= 15 is 0 Å². The summed E-state index contributed by atoms with van der Waals surface area (Å²) in [7, 11) is 0. The first kappa shape index (κ1) is 29.2. The van der Waals surface area contributed by atoms with Crippen molar-refractivity contribution in [2.45, 2.75) is 0 Å². The Labute approximate surface area is 119 Å². The number of carboxylic acid groups (broad SMARTS) is 2. The summed E-state index contributed by atoms with van der Waals surface area (Å²) >= 11 is 0. The number of rotatable bonds is 4. The molecule has 0 amide bonds. The summed E-state index contributed by atoms with van der Waals surface area (Å²) in [6.45, 7) is -0.626. The zero-order chi connectivity index (χ0) is 7.28. The van der Waals surface area contributed by atoms with Gasteiger partial charge in [0.2, 0.25) is 0 Å². The Balaban J connectivity index is -0.0000000533. The fraction of sp³-hybridized carbons (Fsp3) is 0.500. The van der Waals surface area contributed by atoms with Crippen LogP contribution in [0.1, 0.15) is 0 Å². The molecule has 0 aromatic rings. The maximum Gasteiger partial charge on any atom is 1.00 e. The molecule has 0 aromatic carbocycles. The van der Waals surface area contributed by atoms with E-state index in [9.17, 15) is 9.59 Å². The van der Waals surface area contributed by atoms with Crippen molar-refractivity contribution in [3.05, 3.63) is 0 Å². The van der Waals surface area contributed by atoms with Gasteiger partial charge in [0.25, 0.3) is 0 Å². The van der Waals surface area contributed by atoms with Crippen LogP contribution >= 0.6 is 0 Å². The van der Waals surface area contributed by atoms with Crippen molar-refractivity contribution in [3.63, 3.8) is 0 Å². The Hall–Kier alpha value is 0.820. The summed E-state index contributed by atoms with van der Waals surface area (Å²) in [6, 6.07) is 0. The number of carbonyl (C=O) groups is 2. The van der Waals surface area contributed by atoms with Crippen molar-refractivity contribution < 1.29 is 89.9 Å². The normalized spacial score (nSPS) is 6.15. The topological polar surface area (TPSA) is 147 Å². The van der Waals surface area contributed by atoms with Gasteiger partial charge in [0.05, 0.1) is 13.1 Å². The van der Waals surface area contributed by atoms with Gasteiger partial charge in [-0.1, -0.05) is 0 Å². The monoisotopic (exact) mass is 213 g/mol. The van der Waals surface area contributed by atoms with Crippen LogP contribution in [0.3, 0.4) is 0 Å². The van der Waals surface area contributed by atoms with E-state index in [4.69, 9.17) is 10.2 Å². The summed E-state index contributed by atoms with van der Waals surface area (Å²) in [4.78, 5) is 19.5. The fourth-order valence-electron chi connectivity index (χ4n) is 0.276. The van der Waals surface area contributed by atoms with Gasteiger partial charge in [0, 0.05) is 0 Å². The van der Waals surface area contributed by atoms with E-state index in [0.29, 0.717) is 0 Å². The maximum absolute atomic E-state index is 9.73. The Kier molecular flexibility index (Phi) is 41.7. The second-order valence-corrected chi connectivity index (χ2v) is 1.39. The van der Waals surface area contributed by atoms with Gasteiger partial charge < -0.3 is 21.2 Å². The van der Waals surface area contributed by atoms with E-state index in [1.165, 1.54) is 0 Å². The van der Waals surface area contributed by atoms with Crippen LogP contribution in [-0.4, -0.2) is 46.2 Å². The molecule has 0 aromatic heterocycles. The second kappa shape index (κ2) is 18.6. The Morgan fingerprint density at radius 1 is 0.923 bits per heavy atom. The van der Waals surface area contributed by atoms with E-state index in [1.54, 1.807) is 0 Å². The van der Waals surface area contributed by atoms with E-state index < -0.39 is 11.9 Å². The largest absolute Gasteiger partial charge is 1.00 e. The van der Waals surface area contributed by atoms with Crippen LogP contribution in [-0.2, 0) is 9.59 Å². The van der Waals surface area contributed by atoms with E-state index in [2.05, 4.69) is 5.32 Å². The van der Waals surface area contributed by atoms with E-state index in [1.807, 2.05) is 0 Å². The van der Waals surface area contributed by atoms with Gasteiger partial charge in [-0.2, -0.15) is 0 Å². The van der Waals surface area contributed by atoms with Gasteiger partial charge in [-0.25, -0.2) is 0 Å². The molecule has 68 valence electrons. The molecular weight excluding hydrogens is 204 g/mol. The summed E-state index contributed by atoms with van der Waals surface area (Å²) < 4.78 is 0. The summed E-state index contributed by atoms with van der Waals surface area (Å²) in [5.41, 5.74) is 0. The number of aliphatic carboxylic acids is 2. The van der Waals surface area contributed by atoms with Gasteiger partial charge in [-0.3, -0.25) is 14.9 Å². The second-order valence-electron chi connectivity index (χ2n) is 1.39. The minimum absolute atomic E-state index is 0. The SMILES string of the molecule is O=C(O)CNCC(=O)O.[Na+].[Na+].[OH-].[OH-]. The number of carboxylic acids is 2. The molecule has 0 saturated carbocycles. The molecule has 13 heavy (non-hydrogen) atoms. The molecule has 0 aliphatic heterocycles. The van der Waals surface area contributed by atoms with Crippen molar-refractivity contribution in [1.82, 2.24) is 5.32 Å². The molecule has 9 heteroatoms. The molecule has 0 atom stereocenters. The molecule has 7 nitrogen and oxygen atoms in total.